The monoisotopic (exact) mass is 250 g/mol. The largest absolute Gasteiger partial charge is 0.468 e. The molecule has 1 saturated heterocycles. The van der Waals surface area contributed by atoms with E-state index in [1.165, 1.54) is 17.7 Å². The first kappa shape index (κ1) is 13.4. The van der Waals surface area contributed by atoms with E-state index in [0.717, 1.165) is 13.0 Å². The number of hydrogen-bond donors (Lipinski definition) is 0. The minimum Gasteiger partial charge on any atom is -0.468 e. The maximum atomic E-state index is 11.3. The smallest absolute Gasteiger partial charge is 0.319 e. The molecule has 0 aromatic carbocycles. The molecule has 0 atom stereocenters. The topological polar surface area (TPSA) is 66.9 Å². The molecular formula is C9H18N2O4S. The van der Waals surface area contributed by atoms with Crippen LogP contribution in [0.1, 0.15) is 6.42 Å². The molecule has 0 bridgehead atoms. The van der Waals surface area contributed by atoms with Crippen molar-refractivity contribution in [2.75, 3.05) is 46.1 Å². The third-order valence-electron chi connectivity index (χ3n) is 2.60. The minimum atomic E-state index is -3.12. The molecule has 7 heteroatoms. The average Bonchev–Trinajstić information content (AvgIpc) is 2.42. The van der Waals surface area contributed by atoms with Gasteiger partial charge in [-0.25, -0.2) is 12.7 Å². The predicted molar refractivity (Wildman–Crippen MR) is 59.5 cm³/mol. The van der Waals surface area contributed by atoms with Gasteiger partial charge in [-0.1, -0.05) is 0 Å². The van der Waals surface area contributed by atoms with Crippen LogP contribution in [0.25, 0.3) is 0 Å². The van der Waals surface area contributed by atoms with Gasteiger partial charge < -0.3 is 4.74 Å². The lowest BCUT2D eigenvalue weighted by Crippen LogP contribution is -2.36. The molecule has 1 rings (SSSR count). The first-order chi connectivity index (χ1) is 7.43. The number of sulfonamides is 1. The van der Waals surface area contributed by atoms with E-state index >= 15 is 0 Å². The maximum Gasteiger partial charge on any atom is 0.319 e. The summed E-state index contributed by atoms with van der Waals surface area (Å²) in [5, 5.41) is 0. The summed E-state index contributed by atoms with van der Waals surface area (Å²) in [6, 6.07) is 0. The lowest BCUT2D eigenvalue weighted by atomic mass is 10.4. The Morgan fingerprint density at radius 1 is 1.25 bits per heavy atom. The van der Waals surface area contributed by atoms with Gasteiger partial charge in [0.2, 0.25) is 10.0 Å². The Hall–Kier alpha value is -0.660. The summed E-state index contributed by atoms with van der Waals surface area (Å²) in [7, 11) is -1.77. The zero-order valence-corrected chi connectivity index (χ0v) is 10.5. The van der Waals surface area contributed by atoms with Crippen LogP contribution in [0.15, 0.2) is 0 Å². The number of rotatable bonds is 3. The van der Waals surface area contributed by atoms with E-state index in [1.807, 2.05) is 4.90 Å². The quantitative estimate of drug-likeness (QED) is 0.609. The molecule has 0 aromatic rings. The molecule has 0 amide bonds. The van der Waals surface area contributed by atoms with Gasteiger partial charge in [0.15, 0.2) is 0 Å². The van der Waals surface area contributed by atoms with Crippen LogP contribution in [0.3, 0.4) is 0 Å². The summed E-state index contributed by atoms with van der Waals surface area (Å²) in [6.07, 6.45) is 1.95. The van der Waals surface area contributed by atoms with Gasteiger partial charge in [0.25, 0.3) is 0 Å². The van der Waals surface area contributed by atoms with E-state index in [-0.39, 0.29) is 12.5 Å². The van der Waals surface area contributed by atoms with E-state index in [2.05, 4.69) is 4.74 Å². The summed E-state index contributed by atoms with van der Waals surface area (Å²) in [5.74, 6) is -0.284. The second kappa shape index (κ2) is 5.60. The molecule has 0 spiro atoms. The molecule has 1 aliphatic heterocycles. The third kappa shape index (κ3) is 4.07. The third-order valence-corrected chi connectivity index (χ3v) is 3.90. The molecule has 0 N–H and O–H groups in total. The Morgan fingerprint density at radius 2 is 1.94 bits per heavy atom. The van der Waals surface area contributed by atoms with Crippen molar-refractivity contribution in [3.63, 3.8) is 0 Å². The van der Waals surface area contributed by atoms with Crippen LogP contribution in [0, 0.1) is 0 Å². The standard InChI is InChI=1S/C9H18N2O4S/c1-15-9(12)8-10-4-3-5-11(7-6-10)16(2,13)14/h3-8H2,1-2H3. The summed E-state index contributed by atoms with van der Waals surface area (Å²) in [6.45, 7) is 2.49. The number of esters is 1. The SMILES string of the molecule is COC(=O)CN1CCCN(S(C)(=O)=O)CC1. The summed E-state index contributed by atoms with van der Waals surface area (Å²) >= 11 is 0. The molecule has 0 aliphatic carbocycles. The van der Waals surface area contributed by atoms with Crippen LogP contribution in [0.5, 0.6) is 0 Å². The van der Waals surface area contributed by atoms with Crippen molar-refractivity contribution < 1.29 is 17.9 Å². The first-order valence-electron chi connectivity index (χ1n) is 5.18. The highest BCUT2D eigenvalue weighted by atomic mass is 32.2. The molecule has 0 aromatic heterocycles. The summed E-state index contributed by atoms with van der Waals surface area (Å²) < 4.78 is 28.7. The fourth-order valence-corrected chi connectivity index (χ4v) is 2.56. The van der Waals surface area contributed by atoms with Crippen LogP contribution in [0.4, 0.5) is 0 Å². The molecule has 16 heavy (non-hydrogen) atoms. The van der Waals surface area contributed by atoms with Crippen LogP contribution in [-0.4, -0.2) is 69.7 Å². The number of nitrogens with zero attached hydrogens (tertiary/aromatic N) is 2. The fraction of sp³-hybridized carbons (Fsp3) is 0.889. The normalized spacial score (nSPS) is 20.4. The van der Waals surface area contributed by atoms with Crippen molar-refractivity contribution in [1.29, 1.82) is 0 Å². The van der Waals surface area contributed by atoms with E-state index < -0.39 is 10.0 Å². The number of carbonyl (C=O) groups excluding carboxylic acids is 1. The Labute approximate surface area is 96.2 Å². The van der Waals surface area contributed by atoms with Gasteiger partial charge in [-0.05, 0) is 6.42 Å². The van der Waals surface area contributed by atoms with E-state index in [1.54, 1.807) is 0 Å². The number of ether oxygens (including phenoxy) is 1. The molecule has 1 aliphatic rings. The second-order valence-electron chi connectivity index (χ2n) is 3.87. The summed E-state index contributed by atoms with van der Waals surface area (Å²) in [4.78, 5) is 13.0. The molecule has 0 saturated carbocycles. The van der Waals surface area contributed by atoms with Crippen molar-refractivity contribution in [3.8, 4) is 0 Å². The van der Waals surface area contributed by atoms with Gasteiger partial charge in [-0.15, -0.1) is 0 Å². The minimum absolute atomic E-state index is 0.230. The highest BCUT2D eigenvalue weighted by molar-refractivity contribution is 7.88. The lowest BCUT2D eigenvalue weighted by molar-refractivity contribution is -0.141. The van der Waals surface area contributed by atoms with Crippen LogP contribution in [-0.2, 0) is 19.6 Å². The molecular weight excluding hydrogens is 232 g/mol. The van der Waals surface area contributed by atoms with Gasteiger partial charge in [0, 0.05) is 26.2 Å². The zero-order chi connectivity index (χ0) is 12.2. The predicted octanol–water partition coefficient (Wildman–Crippen LogP) is -0.873. The van der Waals surface area contributed by atoms with Crippen LogP contribution < -0.4 is 0 Å². The van der Waals surface area contributed by atoms with Crippen molar-refractivity contribution in [2.45, 2.75) is 6.42 Å². The Balaban J connectivity index is 2.50. The van der Waals surface area contributed by atoms with E-state index in [0.29, 0.717) is 19.6 Å². The lowest BCUT2D eigenvalue weighted by Gasteiger charge is -2.19. The fourth-order valence-electron chi connectivity index (χ4n) is 1.68. The second-order valence-corrected chi connectivity index (χ2v) is 5.85. The molecule has 0 unspecified atom stereocenters. The Morgan fingerprint density at radius 3 is 2.50 bits per heavy atom. The van der Waals surface area contributed by atoms with Gasteiger partial charge in [-0.3, -0.25) is 9.69 Å². The highest BCUT2D eigenvalue weighted by Gasteiger charge is 2.22. The van der Waals surface area contributed by atoms with Gasteiger partial charge in [-0.2, -0.15) is 0 Å². The molecule has 94 valence electrons. The van der Waals surface area contributed by atoms with Crippen LogP contribution in [0.2, 0.25) is 0 Å². The number of methoxy groups -OCH3 is 1. The molecule has 0 radical (unpaired) electrons. The first-order valence-corrected chi connectivity index (χ1v) is 7.02. The highest BCUT2D eigenvalue weighted by Crippen LogP contribution is 2.06. The molecule has 1 fully saturated rings. The van der Waals surface area contributed by atoms with Crippen molar-refractivity contribution in [3.05, 3.63) is 0 Å². The number of hydrogen-bond acceptors (Lipinski definition) is 5. The Bertz CT molecular complexity index is 341. The van der Waals surface area contributed by atoms with E-state index in [9.17, 15) is 13.2 Å². The number of carbonyl (C=O) groups is 1. The molecule has 1 heterocycles. The zero-order valence-electron chi connectivity index (χ0n) is 9.68. The average molecular weight is 250 g/mol. The molecule has 6 nitrogen and oxygen atoms in total. The van der Waals surface area contributed by atoms with Gasteiger partial charge in [0.05, 0.1) is 19.9 Å². The maximum absolute atomic E-state index is 11.3. The Kier molecular flexibility index (Phi) is 4.69. The summed E-state index contributed by atoms with van der Waals surface area (Å²) in [5.41, 5.74) is 0. The van der Waals surface area contributed by atoms with Crippen molar-refractivity contribution in [1.82, 2.24) is 9.21 Å². The van der Waals surface area contributed by atoms with Crippen molar-refractivity contribution >= 4 is 16.0 Å². The van der Waals surface area contributed by atoms with Gasteiger partial charge in [0.1, 0.15) is 0 Å². The van der Waals surface area contributed by atoms with Crippen molar-refractivity contribution in [2.24, 2.45) is 0 Å². The van der Waals surface area contributed by atoms with Crippen LogP contribution >= 0.6 is 0 Å². The van der Waals surface area contributed by atoms with E-state index in [4.69, 9.17) is 0 Å². The van der Waals surface area contributed by atoms with Gasteiger partial charge >= 0.3 is 5.97 Å².